The number of rotatable bonds is 4. The van der Waals surface area contributed by atoms with Crippen molar-refractivity contribution in [2.45, 2.75) is 25.3 Å². The fraction of sp³-hybridized carbons (Fsp3) is 0.222. The molecule has 4 rings (SSSR count). The van der Waals surface area contributed by atoms with Gasteiger partial charge in [0.15, 0.2) is 17.2 Å². The second-order valence-corrected chi connectivity index (χ2v) is 7.10. The minimum atomic E-state index is 0.106. The van der Waals surface area contributed by atoms with Gasteiger partial charge < -0.3 is 15.5 Å². The number of oxazole rings is 1. The van der Waals surface area contributed by atoms with Crippen molar-refractivity contribution < 1.29 is 4.42 Å². The van der Waals surface area contributed by atoms with E-state index in [1.54, 1.807) is 6.07 Å². The van der Waals surface area contributed by atoms with E-state index >= 15 is 0 Å². The zero-order valence-electron chi connectivity index (χ0n) is 13.8. The van der Waals surface area contributed by atoms with Crippen LogP contribution in [0.4, 0.5) is 11.4 Å². The van der Waals surface area contributed by atoms with Gasteiger partial charge in [-0.2, -0.15) is 5.26 Å². The topological polar surface area (TPSA) is 125 Å². The van der Waals surface area contributed by atoms with Gasteiger partial charge in [0.05, 0.1) is 22.8 Å². The van der Waals surface area contributed by atoms with E-state index in [0.717, 1.165) is 35.5 Å². The quantitative estimate of drug-likeness (QED) is 0.481. The molecule has 3 aromatic rings. The van der Waals surface area contributed by atoms with Crippen molar-refractivity contribution >= 4 is 28.4 Å². The fourth-order valence-electron chi connectivity index (χ4n) is 3.14. The average molecular weight is 364 g/mol. The molecule has 0 aliphatic heterocycles. The van der Waals surface area contributed by atoms with Crippen molar-refractivity contribution in [3.05, 3.63) is 57.7 Å². The van der Waals surface area contributed by atoms with Crippen LogP contribution in [0.2, 0.25) is 0 Å². The van der Waals surface area contributed by atoms with E-state index in [2.05, 4.69) is 21.4 Å². The maximum atomic E-state index is 9.11. The number of nitrogens with one attached hydrogen (secondary N) is 2. The predicted molar refractivity (Wildman–Crippen MR) is 99.4 cm³/mol. The minimum absolute atomic E-state index is 0.106. The molecule has 4 N–H and O–H groups in total. The normalized spacial score (nSPS) is 15.9. The molecule has 0 saturated carbocycles. The molecular weight excluding hydrogens is 348 g/mol. The smallest absolute Gasteiger partial charge is 0.194 e. The Balaban J connectivity index is 1.62. The molecule has 2 aromatic heterocycles. The lowest BCUT2D eigenvalue weighted by Crippen LogP contribution is -2.16. The van der Waals surface area contributed by atoms with Gasteiger partial charge in [-0.1, -0.05) is 0 Å². The van der Waals surface area contributed by atoms with Crippen LogP contribution in [0.25, 0.3) is 0 Å². The van der Waals surface area contributed by atoms with Crippen LogP contribution >= 0.6 is 11.3 Å². The van der Waals surface area contributed by atoms with Crippen molar-refractivity contribution in [3.8, 4) is 6.07 Å². The third-order valence-corrected chi connectivity index (χ3v) is 5.50. The summed E-state index contributed by atoms with van der Waals surface area (Å²) in [6.45, 7) is 0. The lowest BCUT2D eigenvalue weighted by atomic mass is 9.97. The maximum absolute atomic E-state index is 9.11. The second-order valence-electron chi connectivity index (χ2n) is 6.07. The number of hydrogen-bond acceptors (Lipinski definition) is 8. The SMILES string of the molecule is N#Cc1nc2c(s1)C(Nc1ccc(N)c(C(=N)c3cnco3)c1)CCC2. The summed E-state index contributed by atoms with van der Waals surface area (Å²) in [5.74, 6) is 0.370. The number of fused-ring (bicyclic) bond motifs is 1. The Labute approximate surface area is 154 Å². The Morgan fingerprint density at radius 3 is 3.12 bits per heavy atom. The highest BCUT2D eigenvalue weighted by Crippen LogP contribution is 2.36. The number of nitrogens with zero attached hydrogens (tertiary/aromatic N) is 3. The molecule has 1 unspecified atom stereocenters. The van der Waals surface area contributed by atoms with Crippen molar-refractivity contribution in [2.24, 2.45) is 0 Å². The zero-order valence-corrected chi connectivity index (χ0v) is 14.6. The first-order valence-corrected chi connectivity index (χ1v) is 9.01. The summed E-state index contributed by atoms with van der Waals surface area (Å²) >= 11 is 1.45. The highest BCUT2D eigenvalue weighted by molar-refractivity contribution is 7.12. The number of nitrogens with two attached hydrogens (primary N) is 1. The molecule has 7 nitrogen and oxygen atoms in total. The van der Waals surface area contributed by atoms with E-state index < -0.39 is 0 Å². The van der Waals surface area contributed by atoms with Crippen molar-refractivity contribution in [2.75, 3.05) is 11.1 Å². The third-order valence-electron chi connectivity index (χ3n) is 4.39. The van der Waals surface area contributed by atoms with Gasteiger partial charge in [-0.05, 0) is 37.5 Å². The Morgan fingerprint density at radius 1 is 1.46 bits per heavy atom. The van der Waals surface area contributed by atoms with Crippen molar-refractivity contribution in [1.82, 2.24) is 9.97 Å². The van der Waals surface area contributed by atoms with Crippen LogP contribution in [0.3, 0.4) is 0 Å². The molecular formula is C18H16N6OS. The number of aromatic nitrogens is 2. The first kappa shape index (κ1) is 16.3. The van der Waals surface area contributed by atoms with Gasteiger partial charge in [0.2, 0.25) is 0 Å². The van der Waals surface area contributed by atoms with Crippen molar-refractivity contribution in [1.29, 1.82) is 10.7 Å². The Bertz CT molecular complexity index is 1000. The molecule has 1 aliphatic carbocycles. The van der Waals surface area contributed by atoms with Gasteiger partial charge in [0.25, 0.3) is 0 Å². The van der Waals surface area contributed by atoms with E-state index in [4.69, 9.17) is 20.8 Å². The average Bonchev–Trinajstić information content (AvgIpc) is 3.32. The van der Waals surface area contributed by atoms with Crippen molar-refractivity contribution in [3.63, 3.8) is 0 Å². The number of thiazole rings is 1. The zero-order chi connectivity index (χ0) is 18.1. The van der Waals surface area contributed by atoms with Crippen LogP contribution in [0.15, 0.2) is 35.2 Å². The third kappa shape index (κ3) is 2.93. The monoisotopic (exact) mass is 364 g/mol. The number of hydrogen-bond donors (Lipinski definition) is 3. The number of anilines is 2. The van der Waals surface area contributed by atoms with Crippen LogP contribution in [-0.4, -0.2) is 15.7 Å². The van der Waals surface area contributed by atoms with Crippen LogP contribution in [0.5, 0.6) is 0 Å². The summed E-state index contributed by atoms with van der Waals surface area (Å²) in [5.41, 5.74) is 9.22. The van der Waals surface area contributed by atoms with E-state index in [1.807, 2.05) is 12.1 Å². The van der Waals surface area contributed by atoms with Gasteiger partial charge in [0, 0.05) is 16.9 Å². The van der Waals surface area contributed by atoms with Crippen LogP contribution in [-0.2, 0) is 6.42 Å². The molecule has 0 fully saturated rings. The molecule has 0 radical (unpaired) electrons. The molecule has 0 saturated heterocycles. The summed E-state index contributed by atoms with van der Waals surface area (Å²) in [6.07, 6.45) is 5.70. The Kier molecular flexibility index (Phi) is 4.14. The van der Waals surface area contributed by atoms with E-state index in [1.165, 1.54) is 23.9 Å². The molecule has 1 aromatic carbocycles. The summed E-state index contributed by atoms with van der Waals surface area (Å²) in [5, 5.41) is 21.4. The molecule has 2 heterocycles. The highest BCUT2D eigenvalue weighted by Gasteiger charge is 2.25. The molecule has 1 atom stereocenters. The summed E-state index contributed by atoms with van der Waals surface area (Å²) < 4.78 is 5.21. The van der Waals surface area contributed by atoms with Crippen LogP contribution < -0.4 is 11.1 Å². The van der Waals surface area contributed by atoms with Gasteiger partial charge in [-0.25, -0.2) is 9.97 Å². The maximum Gasteiger partial charge on any atom is 0.194 e. The largest absolute Gasteiger partial charge is 0.442 e. The van der Waals surface area contributed by atoms with Gasteiger partial charge in [-0.3, -0.25) is 5.41 Å². The molecule has 0 spiro atoms. The molecule has 26 heavy (non-hydrogen) atoms. The van der Waals surface area contributed by atoms with E-state index in [-0.39, 0.29) is 11.8 Å². The van der Waals surface area contributed by atoms with Gasteiger partial charge in [-0.15, -0.1) is 11.3 Å². The number of nitrogen functional groups attached to an aromatic ring is 1. The number of nitriles is 1. The Morgan fingerprint density at radius 2 is 2.35 bits per heavy atom. The Hall–Kier alpha value is -3.18. The van der Waals surface area contributed by atoms with Gasteiger partial charge in [0.1, 0.15) is 11.8 Å². The van der Waals surface area contributed by atoms with E-state index in [9.17, 15) is 0 Å². The van der Waals surface area contributed by atoms with E-state index in [0.29, 0.717) is 22.0 Å². The second kappa shape index (κ2) is 6.61. The fourth-order valence-corrected chi connectivity index (χ4v) is 4.14. The minimum Gasteiger partial charge on any atom is -0.442 e. The first-order chi connectivity index (χ1) is 12.7. The summed E-state index contributed by atoms with van der Waals surface area (Å²) in [4.78, 5) is 9.37. The van der Waals surface area contributed by atoms with Crippen LogP contribution in [0, 0.1) is 16.7 Å². The van der Waals surface area contributed by atoms with Gasteiger partial charge >= 0.3 is 0 Å². The summed E-state index contributed by atoms with van der Waals surface area (Å²) in [6, 6.07) is 7.76. The standard InChI is InChI=1S/C18H16N6OS/c19-7-16-24-14-3-1-2-13(18(14)26-16)23-10-4-5-12(20)11(6-10)17(21)15-8-22-9-25-15/h4-6,8-9,13,21,23H,1-3,20H2. The summed E-state index contributed by atoms with van der Waals surface area (Å²) in [7, 11) is 0. The highest BCUT2D eigenvalue weighted by atomic mass is 32.1. The molecule has 130 valence electrons. The van der Waals surface area contributed by atoms with Crippen LogP contribution in [0.1, 0.15) is 45.8 Å². The molecule has 1 aliphatic rings. The first-order valence-electron chi connectivity index (χ1n) is 8.19. The molecule has 0 amide bonds. The molecule has 0 bridgehead atoms. The number of aryl methyl sites for hydroxylation is 1. The molecule has 8 heteroatoms. The lowest BCUT2D eigenvalue weighted by molar-refractivity contribution is 0.548. The predicted octanol–water partition coefficient (Wildman–Crippen LogP) is 3.49. The lowest BCUT2D eigenvalue weighted by Gasteiger charge is -2.24. The number of benzene rings is 1.